The molecular formula is C15H16INO2. The number of hydrogen-bond donors (Lipinski definition) is 0. The van der Waals surface area contributed by atoms with Gasteiger partial charge < -0.3 is 9.47 Å². The van der Waals surface area contributed by atoms with Crippen LogP contribution in [0.4, 0.5) is 0 Å². The van der Waals surface area contributed by atoms with Gasteiger partial charge in [-0.2, -0.15) is 0 Å². The second-order valence-corrected chi connectivity index (χ2v) is 5.53. The molecule has 0 spiro atoms. The maximum absolute atomic E-state index is 5.75. The summed E-state index contributed by atoms with van der Waals surface area (Å²) in [6, 6.07) is 7.96. The fraction of sp³-hybridized carbons (Fsp3) is 0.267. The molecule has 0 N–H and O–H groups in total. The Bertz CT molecular complexity index is 567. The normalized spacial score (nSPS) is 10.3. The maximum atomic E-state index is 5.75. The second-order valence-electron chi connectivity index (χ2n) is 4.29. The van der Waals surface area contributed by atoms with Crippen molar-refractivity contribution in [2.24, 2.45) is 0 Å². The van der Waals surface area contributed by atoms with Crippen LogP contribution in [0, 0.1) is 17.4 Å². The van der Waals surface area contributed by atoms with Crippen LogP contribution in [-0.2, 0) is 6.61 Å². The molecule has 0 fully saturated rings. The van der Waals surface area contributed by atoms with E-state index in [0.717, 1.165) is 28.3 Å². The Morgan fingerprint density at radius 2 is 1.84 bits per heavy atom. The summed E-state index contributed by atoms with van der Waals surface area (Å²) in [5.41, 5.74) is 2.98. The molecule has 100 valence electrons. The number of pyridine rings is 1. The van der Waals surface area contributed by atoms with Crippen molar-refractivity contribution in [3.05, 3.63) is 50.9 Å². The van der Waals surface area contributed by atoms with Crippen LogP contribution in [-0.4, -0.2) is 12.1 Å². The fourth-order valence-electron chi connectivity index (χ4n) is 1.90. The summed E-state index contributed by atoms with van der Waals surface area (Å²) in [6.45, 7) is 4.44. The first-order chi connectivity index (χ1) is 9.11. The highest BCUT2D eigenvalue weighted by Gasteiger charge is 2.09. The highest BCUT2D eigenvalue weighted by molar-refractivity contribution is 14.1. The second kappa shape index (κ2) is 6.23. The van der Waals surface area contributed by atoms with E-state index in [4.69, 9.17) is 9.47 Å². The number of nitrogens with zero attached hydrogens (tertiary/aromatic N) is 1. The lowest BCUT2D eigenvalue weighted by Gasteiger charge is -2.13. The third-order valence-electron chi connectivity index (χ3n) is 2.94. The smallest absolute Gasteiger partial charge is 0.131 e. The Hall–Kier alpha value is -1.30. The van der Waals surface area contributed by atoms with E-state index in [-0.39, 0.29) is 0 Å². The predicted molar refractivity (Wildman–Crippen MR) is 83.8 cm³/mol. The molecule has 0 saturated heterocycles. The topological polar surface area (TPSA) is 31.4 Å². The first-order valence-electron chi connectivity index (χ1n) is 5.99. The van der Waals surface area contributed by atoms with Crippen molar-refractivity contribution in [2.45, 2.75) is 20.5 Å². The van der Waals surface area contributed by atoms with Crippen molar-refractivity contribution in [1.29, 1.82) is 0 Å². The van der Waals surface area contributed by atoms with Crippen LogP contribution in [0.2, 0.25) is 0 Å². The van der Waals surface area contributed by atoms with Crippen molar-refractivity contribution in [3.8, 4) is 11.5 Å². The zero-order valence-corrected chi connectivity index (χ0v) is 13.4. The van der Waals surface area contributed by atoms with Crippen LogP contribution in [0.5, 0.6) is 11.5 Å². The van der Waals surface area contributed by atoms with E-state index in [1.54, 1.807) is 7.11 Å². The molecule has 0 aliphatic heterocycles. The highest BCUT2D eigenvalue weighted by Crippen LogP contribution is 2.25. The molecule has 2 aromatic rings. The quantitative estimate of drug-likeness (QED) is 0.767. The molecule has 0 radical (unpaired) electrons. The average molecular weight is 369 g/mol. The number of hydrogen-bond acceptors (Lipinski definition) is 3. The van der Waals surface area contributed by atoms with Crippen LogP contribution >= 0.6 is 22.6 Å². The lowest BCUT2D eigenvalue weighted by molar-refractivity contribution is 0.298. The number of methoxy groups -OCH3 is 1. The van der Waals surface area contributed by atoms with E-state index in [9.17, 15) is 0 Å². The summed E-state index contributed by atoms with van der Waals surface area (Å²) < 4.78 is 12.3. The van der Waals surface area contributed by atoms with Crippen molar-refractivity contribution in [2.75, 3.05) is 7.11 Å². The van der Waals surface area contributed by atoms with E-state index < -0.39 is 0 Å². The molecule has 0 saturated carbocycles. The summed E-state index contributed by atoms with van der Waals surface area (Å²) in [7, 11) is 1.68. The molecule has 2 rings (SSSR count). The Labute approximate surface area is 127 Å². The predicted octanol–water partition coefficient (Wildman–Crippen LogP) is 3.89. The Balaban J connectivity index is 2.13. The molecule has 3 nitrogen and oxygen atoms in total. The van der Waals surface area contributed by atoms with E-state index in [2.05, 4.69) is 27.6 Å². The van der Waals surface area contributed by atoms with Gasteiger partial charge in [0.05, 0.1) is 12.8 Å². The van der Waals surface area contributed by atoms with Gasteiger partial charge in [-0.05, 0) is 60.7 Å². The molecule has 4 heteroatoms. The van der Waals surface area contributed by atoms with Crippen molar-refractivity contribution in [1.82, 2.24) is 4.98 Å². The highest BCUT2D eigenvalue weighted by atomic mass is 127. The largest absolute Gasteiger partial charge is 0.496 e. The SMILES string of the molecule is COc1c(C)cnc(COc2ccc(I)cc2)c1C. The first kappa shape index (κ1) is 14.1. The minimum atomic E-state index is 0.447. The average Bonchev–Trinajstić information content (AvgIpc) is 2.40. The molecule has 1 aromatic heterocycles. The van der Waals surface area contributed by atoms with Gasteiger partial charge in [0, 0.05) is 20.9 Å². The lowest BCUT2D eigenvalue weighted by Crippen LogP contribution is -2.04. The van der Waals surface area contributed by atoms with Gasteiger partial charge in [0.25, 0.3) is 0 Å². The van der Waals surface area contributed by atoms with Crippen molar-refractivity contribution < 1.29 is 9.47 Å². The van der Waals surface area contributed by atoms with Crippen molar-refractivity contribution in [3.63, 3.8) is 0 Å². The van der Waals surface area contributed by atoms with Gasteiger partial charge in [0.1, 0.15) is 18.1 Å². The van der Waals surface area contributed by atoms with Gasteiger partial charge in [-0.3, -0.25) is 4.98 Å². The molecule has 1 aromatic carbocycles. The standard InChI is InChI=1S/C15H16INO2/c1-10-8-17-14(11(2)15(10)18-3)9-19-13-6-4-12(16)5-7-13/h4-8H,9H2,1-3H3. The number of benzene rings is 1. The van der Waals surface area contributed by atoms with Crippen LogP contribution in [0.1, 0.15) is 16.8 Å². The Morgan fingerprint density at radius 1 is 1.16 bits per heavy atom. The number of halogens is 1. The van der Waals surface area contributed by atoms with Crippen LogP contribution < -0.4 is 9.47 Å². The van der Waals surface area contributed by atoms with Gasteiger partial charge in [0.2, 0.25) is 0 Å². The van der Waals surface area contributed by atoms with Gasteiger partial charge >= 0.3 is 0 Å². The summed E-state index contributed by atoms with van der Waals surface area (Å²) in [5.74, 6) is 1.73. The zero-order chi connectivity index (χ0) is 13.8. The number of rotatable bonds is 4. The van der Waals surface area contributed by atoms with Crippen LogP contribution in [0.25, 0.3) is 0 Å². The minimum absolute atomic E-state index is 0.447. The molecule has 0 unspecified atom stereocenters. The third kappa shape index (κ3) is 3.37. The molecule has 0 amide bonds. The van der Waals surface area contributed by atoms with E-state index in [0.29, 0.717) is 6.61 Å². The number of aromatic nitrogens is 1. The maximum Gasteiger partial charge on any atom is 0.131 e. The zero-order valence-electron chi connectivity index (χ0n) is 11.2. The summed E-state index contributed by atoms with van der Waals surface area (Å²) in [5, 5.41) is 0. The Kier molecular flexibility index (Phi) is 4.63. The molecule has 0 aliphatic carbocycles. The van der Waals surface area contributed by atoms with Gasteiger partial charge in [0.15, 0.2) is 0 Å². The molecule has 19 heavy (non-hydrogen) atoms. The number of aryl methyl sites for hydroxylation is 1. The van der Waals surface area contributed by atoms with E-state index in [1.165, 1.54) is 3.57 Å². The summed E-state index contributed by atoms with van der Waals surface area (Å²) >= 11 is 2.27. The molecular weight excluding hydrogens is 353 g/mol. The fourth-order valence-corrected chi connectivity index (χ4v) is 2.26. The molecule has 1 heterocycles. The van der Waals surface area contributed by atoms with Crippen LogP contribution in [0.15, 0.2) is 30.5 Å². The van der Waals surface area contributed by atoms with Crippen molar-refractivity contribution >= 4 is 22.6 Å². The molecule has 0 bridgehead atoms. The van der Waals surface area contributed by atoms with Gasteiger partial charge in [-0.25, -0.2) is 0 Å². The summed E-state index contributed by atoms with van der Waals surface area (Å²) in [6.07, 6.45) is 1.82. The van der Waals surface area contributed by atoms with E-state index >= 15 is 0 Å². The number of ether oxygens (including phenoxy) is 2. The minimum Gasteiger partial charge on any atom is -0.496 e. The molecule has 0 aliphatic rings. The molecule has 0 atom stereocenters. The van der Waals surface area contributed by atoms with Crippen LogP contribution in [0.3, 0.4) is 0 Å². The lowest BCUT2D eigenvalue weighted by atomic mass is 10.1. The van der Waals surface area contributed by atoms with Gasteiger partial charge in [-0.15, -0.1) is 0 Å². The third-order valence-corrected chi connectivity index (χ3v) is 3.66. The van der Waals surface area contributed by atoms with E-state index in [1.807, 2.05) is 44.3 Å². The van der Waals surface area contributed by atoms with Gasteiger partial charge in [-0.1, -0.05) is 0 Å². The monoisotopic (exact) mass is 369 g/mol. The Morgan fingerprint density at radius 3 is 2.47 bits per heavy atom. The first-order valence-corrected chi connectivity index (χ1v) is 7.07. The summed E-state index contributed by atoms with van der Waals surface area (Å²) in [4.78, 5) is 4.41.